The highest BCUT2D eigenvalue weighted by molar-refractivity contribution is 5.79. The maximum absolute atomic E-state index is 12.2. The lowest BCUT2D eigenvalue weighted by Gasteiger charge is -2.30. The summed E-state index contributed by atoms with van der Waals surface area (Å²) in [6.45, 7) is 2.51. The van der Waals surface area contributed by atoms with Crippen molar-refractivity contribution < 1.29 is 14.7 Å². The Bertz CT molecular complexity index is 307. The fourth-order valence-corrected chi connectivity index (χ4v) is 2.82. The molecule has 5 nitrogen and oxygen atoms in total. The summed E-state index contributed by atoms with van der Waals surface area (Å²) in [5.74, 6) is -0.340. The smallest absolute Gasteiger partial charge is 0.303 e. The molecular weight excluding hydrogens is 244 g/mol. The number of nitrogens with two attached hydrogens (primary N) is 1. The molecule has 0 heterocycles. The average Bonchev–Trinajstić information content (AvgIpc) is 2.38. The number of hydrogen-bond acceptors (Lipinski definition) is 3. The van der Waals surface area contributed by atoms with Crippen molar-refractivity contribution in [2.75, 3.05) is 6.54 Å². The van der Waals surface area contributed by atoms with Crippen LogP contribution in [0, 0.1) is 11.8 Å². The molecule has 1 rings (SSSR count). The Labute approximate surface area is 114 Å². The van der Waals surface area contributed by atoms with Crippen LogP contribution < -0.4 is 11.1 Å². The Morgan fingerprint density at radius 3 is 2.68 bits per heavy atom. The SMILES string of the molecule is CC(CCCC(=O)O)NC(=O)C1CCCCC1CN. The van der Waals surface area contributed by atoms with Crippen molar-refractivity contribution in [3.63, 3.8) is 0 Å². The first-order valence-electron chi connectivity index (χ1n) is 7.26. The van der Waals surface area contributed by atoms with Gasteiger partial charge in [0.05, 0.1) is 0 Å². The van der Waals surface area contributed by atoms with E-state index in [4.69, 9.17) is 10.8 Å². The van der Waals surface area contributed by atoms with Crippen molar-refractivity contribution in [3.8, 4) is 0 Å². The Hall–Kier alpha value is -1.10. The number of carboxylic acid groups (broad SMARTS) is 1. The van der Waals surface area contributed by atoms with Crippen LogP contribution >= 0.6 is 0 Å². The van der Waals surface area contributed by atoms with Crippen LogP contribution in [-0.2, 0) is 9.59 Å². The van der Waals surface area contributed by atoms with Crippen LogP contribution in [0.25, 0.3) is 0 Å². The summed E-state index contributed by atoms with van der Waals surface area (Å²) in [5, 5.41) is 11.6. The molecule has 0 radical (unpaired) electrons. The van der Waals surface area contributed by atoms with Gasteiger partial charge in [-0.05, 0) is 45.1 Å². The van der Waals surface area contributed by atoms with Crippen LogP contribution in [0.15, 0.2) is 0 Å². The van der Waals surface area contributed by atoms with E-state index in [1.54, 1.807) is 0 Å². The maximum Gasteiger partial charge on any atom is 0.303 e. The Morgan fingerprint density at radius 2 is 2.05 bits per heavy atom. The zero-order valence-electron chi connectivity index (χ0n) is 11.7. The topological polar surface area (TPSA) is 92.4 Å². The van der Waals surface area contributed by atoms with Crippen LogP contribution in [0.1, 0.15) is 51.9 Å². The number of amides is 1. The van der Waals surface area contributed by atoms with E-state index in [9.17, 15) is 9.59 Å². The molecule has 1 saturated carbocycles. The third-order valence-corrected chi connectivity index (χ3v) is 3.97. The highest BCUT2D eigenvalue weighted by Crippen LogP contribution is 2.29. The highest BCUT2D eigenvalue weighted by Gasteiger charge is 2.30. The van der Waals surface area contributed by atoms with E-state index in [1.807, 2.05) is 6.92 Å². The lowest BCUT2D eigenvalue weighted by Crippen LogP contribution is -2.42. The lowest BCUT2D eigenvalue weighted by molar-refractivity contribution is -0.137. The summed E-state index contributed by atoms with van der Waals surface area (Å²) in [5.41, 5.74) is 5.73. The average molecular weight is 270 g/mol. The van der Waals surface area contributed by atoms with Crippen LogP contribution in [0.4, 0.5) is 0 Å². The molecule has 110 valence electrons. The largest absolute Gasteiger partial charge is 0.481 e. The molecule has 3 unspecified atom stereocenters. The molecule has 0 aromatic rings. The molecule has 0 aromatic heterocycles. The molecule has 4 N–H and O–H groups in total. The zero-order valence-corrected chi connectivity index (χ0v) is 11.7. The number of hydrogen-bond donors (Lipinski definition) is 3. The predicted octanol–water partition coefficient (Wildman–Crippen LogP) is 1.51. The second kappa shape index (κ2) is 8.15. The van der Waals surface area contributed by atoms with Crippen molar-refractivity contribution >= 4 is 11.9 Å². The summed E-state index contributed by atoms with van der Waals surface area (Å²) in [6, 6.07) is 0.0344. The van der Waals surface area contributed by atoms with Gasteiger partial charge >= 0.3 is 5.97 Å². The third-order valence-electron chi connectivity index (χ3n) is 3.97. The molecule has 1 amide bonds. The van der Waals surface area contributed by atoms with E-state index < -0.39 is 5.97 Å². The third kappa shape index (κ3) is 5.59. The fourth-order valence-electron chi connectivity index (χ4n) is 2.82. The lowest BCUT2D eigenvalue weighted by atomic mass is 9.78. The monoisotopic (exact) mass is 270 g/mol. The summed E-state index contributed by atoms with van der Waals surface area (Å²) >= 11 is 0. The molecule has 1 aliphatic carbocycles. The Morgan fingerprint density at radius 1 is 1.37 bits per heavy atom. The van der Waals surface area contributed by atoms with Gasteiger partial charge in [-0.15, -0.1) is 0 Å². The van der Waals surface area contributed by atoms with Gasteiger partial charge < -0.3 is 16.2 Å². The molecular formula is C14H26N2O3. The van der Waals surface area contributed by atoms with Crippen LogP contribution in [0.2, 0.25) is 0 Å². The number of nitrogens with one attached hydrogen (secondary N) is 1. The molecule has 1 fully saturated rings. The summed E-state index contributed by atoms with van der Waals surface area (Å²) < 4.78 is 0. The van der Waals surface area contributed by atoms with E-state index in [2.05, 4.69) is 5.32 Å². The minimum Gasteiger partial charge on any atom is -0.481 e. The van der Waals surface area contributed by atoms with Gasteiger partial charge in [-0.3, -0.25) is 9.59 Å². The number of carbonyl (C=O) groups is 2. The standard InChI is InChI=1S/C14H26N2O3/c1-10(5-4-8-13(17)18)16-14(19)12-7-3-2-6-11(12)9-15/h10-12H,2-9,15H2,1H3,(H,16,19)(H,17,18). The zero-order chi connectivity index (χ0) is 14.3. The van der Waals surface area contributed by atoms with Gasteiger partial charge in [0.1, 0.15) is 0 Å². The molecule has 1 aliphatic rings. The normalized spacial score (nSPS) is 24.7. The predicted molar refractivity (Wildman–Crippen MR) is 73.6 cm³/mol. The van der Waals surface area contributed by atoms with E-state index >= 15 is 0 Å². The van der Waals surface area contributed by atoms with Gasteiger partial charge in [-0.25, -0.2) is 0 Å². The van der Waals surface area contributed by atoms with Gasteiger partial charge in [0.25, 0.3) is 0 Å². The Balaban J connectivity index is 2.33. The molecule has 0 bridgehead atoms. The Kier molecular flexibility index (Phi) is 6.84. The van der Waals surface area contributed by atoms with E-state index in [0.29, 0.717) is 25.3 Å². The minimum absolute atomic E-state index is 0.0344. The van der Waals surface area contributed by atoms with E-state index in [0.717, 1.165) is 19.3 Å². The van der Waals surface area contributed by atoms with E-state index in [-0.39, 0.29) is 24.3 Å². The number of carboxylic acids is 1. The van der Waals surface area contributed by atoms with Crippen molar-refractivity contribution in [1.82, 2.24) is 5.32 Å². The minimum atomic E-state index is -0.783. The highest BCUT2D eigenvalue weighted by atomic mass is 16.4. The number of carbonyl (C=O) groups excluding carboxylic acids is 1. The quantitative estimate of drug-likeness (QED) is 0.654. The molecule has 3 atom stereocenters. The van der Waals surface area contributed by atoms with Gasteiger partial charge in [-0.2, -0.15) is 0 Å². The first kappa shape index (κ1) is 16.0. The summed E-state index contributed by atoms with van der Waals surface area (Å²) in [4.78, 5) is 22.6. The van der Waals surface area contributed by atoms with Gasteiger partial charge in [0, 0.05) is 18.4 Å². The van der Waals surface area contributed by atoms with E-state index in [1.165, 1.54) is 6.42 Å². The molecule has 19 heavy (non-hydrogen) atoms. The van der Waals surface area contributed by atoms with Gasteiger partial charge in [0.15, 0.2) is 0 Å². The van der Waals surface area contributed by atoms with Gasteiger partial charge in [0.2, 0.25) is 5.91 Å². The number of rotatable bonds is 7. The molecule has 5 heteroatoms. The summed E-state index contributed by atoms with van der Waals surface area (Å²) in [7, 11) is 0. The first-order valence-corrected chi connectivity index (χ1v) is 7.26. The second-order valence-corrected chi connectivity index (χ2v) is 5.58. The first-order chi connectivity index (χ1) is 9.04. The van der Waals surface area contributed by atoms with Crippen LogP contribution in [0.3, 0.4) is 0 Å². The number of aliphatic carboxylic acids is 1. The van der Waals surface area contributed by atoms with Crippen molar-refractivity contribution in [2.24, 2.45) is 17.6 Å². The maximum atomic E-state index is 12.2. The van der Waals surface area contributed by atoms with Crippen molar-refractivity contribution in [3.05, 3.63) is 0 Å². The van der Waals surface area contributed by atoms with Crippen molar-refractivity contribution in [1.29, 1.82) is 0 Å². The molecule has 0 spiro atoms. The molecule has 0 aliphatic heterocycles. The molecule has 0 aromatic carbocycles. The van der Waals surface area contributed by atoms with Crippen LogP contribution in [-0.4, -0.2) is 29.6 Å². The molecule has 0 saturated heterocycles. The van der Waals surface area contributed by atoms with Crippen LogP contribution in [0.5, 0.6) is 0 Å². The fraction of sp³-hybridized carbons (Fsp3) is 0.857. The summed E-state index contributed by atoms with van der Waals surface area (Å²) in [6.07, 6.45) is 5.70. The van der Waals surface area contributed by atoms with Crippen molar-refractivity contribution in [2.45, 2.75) is 57.9 Å². The second-order valence-electron chi connectivity index (χ2n) is 5.58. The van der Waals surface area contributed by atoms with Gasteiger partial charge in [-0.1, -0.05) is 12.8 Å².